The molecule has 0 radical (unpaired) electrons. The summed E-state index contributed by atoms with van der Waals surface area (Å²) in [7, 11) is 0. The minimum Gasteiger partial charge on any atom is -0.446 e. The summed E-state index contributed by atoms with van der Waals surface area (Å²) in [5.41, 5.74) is 0.904. The van der Waals surface area contributed by atoms with Gasteiger partial charge in [-0.25, -0.2) is 4.79 Å². The van der Waals surface area contributed by atoms with Gasteiger partial charge in [0.25, 0.3) is 0 Å². The lowest BCUT2D eigenvalue weighted by Crippen LogP contribution is -2.46. The SMILES string of the molecule is C[C@@H]1OC(=O)N(c2ccccc2)C[C@@H]1C. The summed E-state index contributed by atoms with van der Waals surface area (Å²) >= 11 is 0. The molecule has 0 saturated carbocycles. The molecule has 0 unspecified atom stereocenters. The number of amides is 1. The van der Waals surface area contributed by atoms with Crippen molar-refractivity contribution >= 4 is 11.8 Å². The maximum Gasteiger partial charge on any atom is 0.414 e. The number of hydrogen-bond donors (Lipinski definition) is 0. The Bertz CT molecular complexity index is 350. The van der Waals surface area contributed by atoms with E-state index in [0.29, 0.717) is 5.92 Å². The first kappa shape index (κ1) is 10.0. The average molecular weight is 205 g/mol. The lowest BCUT2D eigenvalue weighted by Gasteiger charge is -2.34. The van der Waals surface area contributed by atoms with Crippen LogP contribution < -0.4 is 4.90 Å². The first-order valence-electron chi connectivity index (χ1n) is 5.21. The second-order valence-electron chi connectivity index (χ2n) is 4.01. The molecule has 3 heteroatoms. The lowest BCUT2D eigenvalue weighted by molar-refractivity contribution is 0.0649. The Morgan fingerprint density at radius 3 is 2.60 bits per heavy atom. The second kappa shape index (κ2) is 3.93. The van der Waals surface area contributed by atoms with Crippen molar-refractivity contribution in [1.29, 1.82) is 0 Å². The van der Waals surface area contributed by atoms with Gasteiger partial charge in [-0.15, -0.1) is 0 Å². The number of ether oxygens (including phenoxy) is 1. The maximum absolute atomic E-state index is 11.7. The number of carbonyl (C=O) groups excluding carboxylic acids is 1. The highest BCUT2D eigenvalue weighted by Crippen LogP contribution is 2.23. The lowest BCUT2D eigenvalue weighted by atomic mass is 10.0. The van der Waals surface area contributed by atoms with Crippen molar-refractivity contribution in [2.24, 2.45) is 5.92 Å². The molecule has 1 aliphatic heterocycles. The molecule has 1 heterocycles. The van der Waals surface area contributed by atoms with Gasteiger partial charge >= 0.3 is 6.09 Å². The molecule has 1 amide bonds. The monoisotopic (exact) mass is 205 g/mol. The number of benzene rings is 1. The van der Waals surface area contributed by atoms with Crippen LogP contribution in [0, 0.1) is 5.92 Å². The fourth-order valence-corrected chi connectivity index (χ4v) is 1.67. The van der Waals surface area contributed by atoms with Crippen molar-refractivity contribution in [3.63, 3.8) is 0 Å². The highest BCUT2D eigenvalue weighted by Gasteiger charge is 2.30. The standard InChI is InChI=1S/C12H15NO2/c1-9-8-13(12(14)15-10(9)2)11-6-4-3-5-7-11/h3-7,9-10H,8H2,1-2H3/t9-,10-/m0/s1. The zero-order chi connectivity index (χ0) is 10.8. The summed E-state index contributed by atoms with van der Waals surface area (Å²) in [6, 6.07) is 9.62. The Morgan fingerprint density at radius 2 is 1.93 bits per heavy atom. The third-order valence-corrected chi connectivity index (χ3v) is 2.85. The van der Waals surface area contributed by atoms with E-state index in [1.54, 1.807) is 4.90 Å². The van der Waals surface area contributed by atoms with Gasteiger partial charge in [-0.05, 0) is 19.1 Å². The molecular weight excluding hydrogens is 190 g/mol. The summed E-state index contributed by atoms with van der Waals surface area (Å²) in [5.74, 6) is 0.364. The molecule has 0 aromatic heterocycles. The molecule has 1 aromatic rings. The van der Waals surface area contributed by atoms with Crippen LogP contribution in [0.25, 0.3) is 0 Å². The van der Waals surface area contributed by atoms with Gasteiger partial charge < -0.3 is 4.74 Å². The number of rotatable bonds is 1. The first-order chi connectivity index (χ1) is 7.18. The molecule has 0 spiro atoms. The maximum atomic E-state index is 11.7. The molecule has 0 N–H and O–H groups in total. The van der Waals surface area contributed by atoms with Gasteiger partial charge in [0.2, 0.25) is 0 Å². The van der Waals surface area contributed by atoms with Crippen molar-refractivity contribution in [1.82, 2.24) is 0 Å². The van der Waals surface area contributed by atoms with Gasteiger partial charge in [-0.1, -0.05) is 25.1 Å². The van der Waals surface area contributed by atoms with Gasteiger partial charge in [-0.2, -0.15) is 0 Å². The smallest absolute Gasteiger partial charge is 0.414 e. The van der Waals surface area contributed by atoms with Crippen LogP contribution in [0.2, 0.25) is 0 Å². The number of cyclic esters (lactones) is 1. The Morgan fingerprint density at radius 1 is 1.27 bits per heavy atom. The van der Waals surface area contributed by atoms with E-state index in [9.17, 15) is 4.79 Å². The third kappa shape index (κ3) is 1.96. The van der Waals surface area contributed by atoms with E-state index < -0.39 is 0 Å². The topological polar surface area (TPSA) is 29.5 Å². The number of anilines is 1. The Balaban J connectivity index is 2.20. The van der Waals surface area contributed by atoms with Crippen LogP contribution >= 0.6 is 0 Å². The highest BCUT2D eigenvalue weighted by atomic mass is 16.6. The number of carbonyl (C=O) groups is 1. The Hall–Kier alpha value is -1.51. The molecule has 3 nitrogen and oxygen atoms in total. The zero-order valence-electron chi connectivity index (χ0n) is 9.01. The van der Waals surface area contributed by atoms with Gasteiger partial charge in [0.1, 0.15) is 6.10 Å². The molecule has 0 bridgehead atoms. The third-order valence-electron chi connectivity index (χ3n) is 2.85. The average Bonchev–Trinajstić information content (AvgIpc) is 2.25. The number of nitrogens with zero attached hydrogens (tertiary/aromatic N) is 1. The van der Waals surface area contributed by atoms with Gasteiger partial charge in [-0.3, -0.25) is 4.90 Å². The van der Waals surface area contributed by atoms with Crippen LogP contribution in [0.5, 0.6) is 0 Å². The van der Waals surface area contributed by atoms with E-state index in [1.165, 1.54) is 0 Å². The minimum absolute atomic E-state index is 0.0115. The van der Waals surface area contributed by atoms with Crippen LogP contribution in [0.15, 0.2) is 30.3 Å². The quantitative estimate of drug-likeness (QED) is 0.705. The first-order valence-corrected chi connectivity index (χ1v) is 5.21. The van der Waals surface area contributed by atoms with E-state index in [4.69, 9.17) is 4.74 Å². The van der Waals surface area contributed by atoms with E-state index >= 15 is 0 Å². The normalized spacial score (nSPS) is 26.3. The van der Waals surface area contributed by atoms with Crippen LogP contribution in [-0.4, -0.2) is 18.7 Å². The molecule has 80 valence electrons. The zero-order valence-corrected chi connectivity index (χ0v) is 9.01. The predicted octanol–water partition coefficient (Wildman–Crippen LogP) is 2.67. The fourth-order valence-electron chi connectivity index (χ4n) is 1.67. The van der Waals surface area contributed by atoms with Crippen molar-refractivity contribution in [3.05, 3.63) is 30.3 Å². The molecule has 1 aromatic carbocycles. The molecule has 2 rings (SSSR count). The number of para-hydroxylation sites is 1. The van der Waals surface area contributed by atoms with Gasteiger partial charge in [0.15, 0.2) is 0 Å². The molecule has 0 aliphatic carbocycles. The molecule has 2 atom stereocenters. The van der Waals surface area contributed by atoms with Crippen molar-refractivity contribution in [2.45, 2.75) is 20.0 Å². The molecule has 1 aliphatic rings. The summed E-state index contributed by atoms with van der Waals surface area (Å²) in [5, 5.41) is 0. The molecule has 1 fully saturated rings. The van der Waals surface area contributed by atoms with Crippen LogP contribution in [0.3, 0.4) is 0 Å². The predicted molar refractivity (Wildman–Crippen MR) is 58.9 cm³/mol. The Kier molecular flexibility index (Phi) is 2.62. The number of hydrogen-bond acceptors (Lipinski definition) is 2. The van der Waals surface area contributed by atoms with Crippen molar-refractivity contribution in [2.75, 3.05) is 11.4 Å². The highest BCUT2D eigenvalue weighted by molar-refractivity contribution is 5.88. The summed E-state index contributed by atoms with van der Waals surface area (Å²) in [6.07, 6.45) is -0.232. The van der Waals surface area contributed by atoms with Crippen molar-refractivity contribution < 1.29 is 9.53 Å². The van der Waals surface area contributed by atoms with E-state index in [0.717, 1.165) is 12.2 Å². The second-order valence-corrected chi connectivity index (χ2v) is 4.01. The fraction of sp³-hybridized carbons (Fsp3) is 0.417. The summed E-state index contributed by atoms with van der Waals surface area (Å²) < 4.78 is 5.25. The Labute approximate surface area is 89.7 Å². The molecular formula is C12H15NO2. The summed E-state index contributed by atoms with van der Waals surface area (Å²) in [6.45, 7) is 4.75. The van der Waals surface area contributed by atoms with Crippen molar-refractivity contribution in [3.8, 4) is 0 Å². The largest absolute Gasteiger partial charge is 0.446 e. The summed E-state index contributed by atoms with van der Waals surface area (Å²) in [4.78, 5) is 13.3. The van der Waals surface area contributed by atoms with E-state index in [2.05, 4.69) is 6.92 Å². The van der Waals surface area contributed by atoms with Crippen LogP contribution in [-0.2, 0) is 4.74 Å². The van der Waals surface area contributed by atoms with Crippen LogP contribution in [0.4, 0.5) is 10.5 Å². The minimum atomic E-state index is -0.244. The molecule has 15 heavy (non-hydrogen) atoms. The van der Waals surface area contributed by atoms with E-state index in [-0.39, 0.29) is 12.2 Å². The van der Waals surface area contributed by atoms with Gasteiger partial charge in [0.05, 0.1) is 0 Å². The molecule has 1 saturated heterocycles. The van der Waals surface area contributed by atoms with Gasteiger partial charge in [0, 0.05) is 18.2 Å². The van der Waals surface area contributed by atoms with E-state index in [1.807, 2.05) is 37.3 Å². The van der Waals surface area contributed by atoms with Crippen LogP contribution in [0.1, 0.15) is 13.8 Å².